The number of aromatic nitrogens is 5. The Balaban J connectivity index is 1.19. The minimum absolute atomic E-state index is 0.219. The average Bonchev–Trinajstić information content (AvgIpc) is 3.56. The van der Waals surface area contributed by atoms with Gasteiger partial charge in [-0.15, -0.1) is 0 Å². The van der Waals surface area contributed by atoms with Gasteiger partial charge in [-0.1, -0.05) is 18.2 Å². The molecule has 0 amide bonds. The van der Waals surface area contributed by atoms with Crippen molar-refractivity contribution < 1.29 is 9.13 Å². The van der Waals surface area contributed by atoms with Crippen molar-refractivity contribution in [2.75, 3.05) is 32.0 Å². The molecule has 39 heavy (non-hydrogen) atoms. The van der Waals surface area contributed by atoms with Crippen molar-refractivity contribution in [2.24, 2.45) is 0 Å². The van der Waals surface area contributed by atoms with Crippen LogP contribution in [0.2, 0.25) is 0 Å². The summed E-state index contributed by atoms with van der Waals surface area (Å²) in [5.74, 6) is 0.232. The number of morpholine rings is 1. The molecule has 9 heteroatoms. The highest BCUT2D eigenvalue weighted by Crippen LogP contribution is 2.37. The monoisotopic (exact) mass is 525 g/mol. The molecule has 0 spiro atoms. The summed E-state index contributed by atoms with van der Waals surface area (Å²) in [6, 6.07) is 16.1. The number of rotatable bonds is 5. The molecule has 2 N–H and O–H groups in total. The smallest absolute Gasteiger partial charge is 0.164 e. The Morgan fingerprint density at radius 3 is 2.59 bits per heavy atom. The lowest BCUT2D eigenvalue weighted by molar-refractivity contribution is 0.00520. The number of nitrogen functional groups attached to an aromatic ring is 1. The molecular weight excluding hydrogens is 493 g/mol. The van der Waals surface area contributed by atoms with Crippen LogP contribution in [0.5, 0.6) is 0 Å². The predicted molar refractivity (Wildman–Crippen MR) is 150 cm³/mol. The lowest BCUT2D eigenvalue weighted by Crippen LogP contribution is -2.45. The molecule has 5 aromatic rings. The molecule has 0 bridgehead atoms. The molecule has 2 aromatic carbocycles. The maximum absolute atomic E-state index is 13.7. The molecule has 1 saturated heterocycles. The van der Waals surface area contributed by atoms with Crippen molar-refractivity contribution in [1.82, 2.24) is 29.2 Å². The van der Waals surface area contributed by atoms with E-state index < -0.39 is 0 Å². The summed E-state index contributed by atoms with van der Waals surface area (Å²) in [6.07, 6.45) is 7.99. The third kappa shape index (κ3) is 4.55. The van der Waals surface area contributed by atoms with Crippen LogP contribution < -0.4 is 5.73 Å². The van der Waals surface area contributed by atoms with Crippen LogP contribution >= 0.6 is 0 Å². The Labute approximate surface area is 226 Å². The van der Waals surface area contributed by atoms with Gasteiger partial charge in [-0.25, -0.2) is 19.0 Å². The molecule has 3 aromatic heterocycles. The number of anilines is 1. The number of halogens is 1. The van der Waals surface area contributed by atoms with E-state index in [9.17, 15) is 4.39 Å². The molecule has 2 aliphatic rings. The first-order chi connectivity index (χ1) is 19.1. The Hall–Kier alpha value is -3.82. The Morgan fingerprint density at radius 2 is 1.77 bits per heavy atom. The maximum atomic E-state index is 13.7. The summed E-state index contributed by atoms with van der Waals surface area (Å²) in [6.45, 7) is 4.33. The van der Waals surface area contributed by atoms with E-state index in [1.165, 1.54) is 12.4 Å². The van der Waals surface area contributed by atoms with Gasteiger partial charge in [-0.2, -0.15) is 5.10 Å². The van der Waals surface area contributed by atoms with Gasteiger partial charge >= 0.3 is 0 Å². The number of fused-ring (bicyclic) bond motifs is 2. The zero-order valence-corrected chi connectivity index (χ0v) is 21.8. The summed E-state index contributed by atoms with van der Waals surface area (Å²) < 4.78 is 23.5. The first-order valence-corrected chi connectivity index (χ1v) is 13.8. The highest BCUT2D eigenvalue weighted by Gasteiger charge is 2.30. The van der Waals surface area contributed by atoms with E-state index in [1.54, 1.807) is 12.1 Å². The Morgan fingerprint density at radius 1 is 0.949 bits per heavy atom. The molecule has 0 unspecified atom stereocenters. The van der Waals surface area contributed by atoms with Gasteiger partial charge in [-0.05, 0) is 61.6 Å². The lowest BCUT2D eigenvalue weighted by atomic mass is 9.90. The SMILES string of the molecule is Nc1ncnc2c1c(-c1ccc3c(ccn3Cc3cccc(F)c3)c1)nn2[C@H]1CC[C@H](N2CCOCC2)CC1. The summed E-state index contributed by atoms with van der Waals surface area (Å²) in [5, 5.41) is 7.03. The number of nitrogens with zero attached hydrogens (tertiary/aromatic N) is 6. The van der Waals surface area contributed by atoms with Gasteiger partial charge in [-0.3, -0.25) is 4.90 Å². The topological polar surface area (TPSA) is 87.0 Å². The van der Waals surface area contributed by atoms with Gasteiger partial charge in [0.1, 0.15) is 23.7 Å². The third-order valence-electron chi connectivity index (χ3n) is 8.38. The first kappa shape index (κ1) is 24.2. The van der Waals surface area contributed by atoms with Crippen LogP contribution in [0.4, 0.5) is 10.2 Å². The van der Waals surface area contributed by atoms with Crippen molar-refractivity contribution in [1.29, 1.82) is 0 Å². The molecule has 1 saturated carbocycles. The van der Waals surface area contributed by atoms with Gasteiger partial charge in [0.25, 0.3) is 0 Å². The van der Waals surface area contributed by atoms with Crippen molar-refractivity contribution in [3.8, 4) is 11.3 Å². The molecule has 200 valence electrons. The van der Waals surface area contributed by atoms with E-state index in [4.69, 9.17) is 15.6 Å². The number of hydrogen-bond donors (Lipinski definition) is 1. The fraction of sp³-hybridized carbons (Fsp3) is 0.367. The van der Waals surface area contributed by atoms with E-state index in [0.29, 0.717) is 18.4 Å². The first-order valence-electron chi connectivity index (χ1n) is 13.8. The normalized spacial score (nSPS) is 20.6. The van der Waals surface area contributed by atoms with E-state index >= 15 is 0 Å². The van der Waals surface area contributed by atoms with Gasteiger partial charge in [0.05, 0.1) is 24.6 Å². The zero-order chi connectivity index (χ0) is 26.3. The van der Waals surface area contributed by atoms with Crippen LogP contribution in [0, 0.1) is 5.82 Å². The van der Waals surface area contributed by atoms with Crippen LogP contribution in [0.25, 0.3) is 33.2 Å². The standard InChI is InChI=1S/C30H32FN7O/c31-23-3-1-2-20(16-23)18-37-11-10-21-17-22(4-9-26(21)37)28-27-29(32)33-19-34-30(27)38(35-28)25-7-5-24(6-8-25)36-12-14-39-15-13-36/h1-4,9-11,16-17,19,24-25H,5-8,12-15,18H2,(H2,32,33,34)/t24-,25-. The zero-order valence-electron chi connectivity index (χ0n) is 21.8. The molecule has 1 aliphatic heterocycles. The molecule has 4 heterocycles. The fourth-order valence-corrected chi connectivity index (χ4v) is 6.38. The average molecular weight is 526 g/mol. The molecular formula is C30H32FN7O. The van der Waals surface area contributed by atoms with Crippen LogP contribution in [-0.2, 0) is 11.3 Å². The molecule has 0 atom stereocenters. The van der Waals surface area contributed by atoms with E-state index in [2.05, 4.69) is 48.4 Å². The molecule has 7 rings (SSSR count). The minimum Gasteiger partial charge on any atom is -0.383 e. The van der Waals surface area contributed by atoms with Crippen LogP contribution in [-0.4, -0.2) is 61.6 Å². The second-order valence-corrected chi connectivity index (χ2v) is 10.7. The largest absolute Gasteiger partial charge is 0.383 e. The van der Waals surface area contributed by atoms with Crippen LogP contribution in [0.3, 0.4) is 0 Å². The molecule has 1 aliphatic carbocycles. The summed E-state index contributed by atoms with van der Waals surface area (Å²) in [5.41, 5.74) is 11.0. The van der Waals surface area contributed by atoms with E-state index in [0.717, 1.165) is 90.7 Å². The number of hydrogen-bond acceptors (Lipinski definition) is 6. The predicted octanol–water partition coefficient (Wildman–Crippen LogP) is 5.03. The lowest BCUT2D eigenvalue weighted by Gasteiger charge is -2.38. The summed E-state index contributed by atoms with van der Waals surface area (Å²) >= 11 is 0. The maximum Gasteiger partial charge on any atom is 0.164 e. The van der Waals surface area contributed by atoms with Gasteiger partial charge < -0.3 is 15.0 Å². The highest BCUT2D eigenvalue weighted by atomic mass is 19.1. The Bertz CT molecular complexity index is 1630. The third-order valence-corrected chi connectivity index (χ3v) is 8.38. The second kappa shape index (κ2) is 10.1. The Kier molecular flexibility index (Phi) is 6.25. The van der Waals surface area contributed by atoms with Crippen molar-refractivity contribution in [3.05, 3.63) is 72.4 Å². The second-order valence-electron chi connectivity index (χ2n) is 10.7. The van der Waals surface area contributed by atoms with Gasteiger partial charge in [0.15, 0.2) is 5.65 Å². The van der Waals surface area contributed by atoms with Crippen molar-refractivity contribution in [3.63, 3.8) is 0 Å². The minimum atomic E-state index is -0.219. The van der Waals surface area contributed by atoms with Gasteiger partial charge in [0, 0.05) is 48.3 Å². The fourth-order valence-electron chi connectivity index (χ4n) is 6.38. The van der Waals surface area contributed by atoms with E-state index in [1.807, 2.05) is 12.3 Å². The van der Waals surface area contributed by atoms with Crippen LogP contribution in [0.1, 0.15) is 37.3 Å². The number of nitrogens with two attached hydrogens (primary N) is 1. The molecule has 0 radical (unpaired) electrons. The van der Waals surface area contributed by atoms with Gasteiger partial charge in [0.2, 0.25) is 0 Å². The molecule has 2 fully saturated rings. The quantitative estimate of drug-likeness (QED) is 0.346. The highest BCUT2D eigenvalue weighted by molar-refractivity contribution is 6.00. The number of benzene rings is 2. The van der Waals surface area contributed by atoms with Crippen molar-refractivity contribution >= 4 is 27.8 Å². The van der Waals surface area contributed by atoms with E-state index in [-0.39, 0.29) is 11.9 Å². The number of ether oxygens (including phenoxy) is 1. The van der Waals surface area contributed by atoms with Crippen LogP contribution in [0.15, 0.2) is 61.1 Å². The van der Waals surface area contributed by atoms with Crippen molar-refractivity contribution in [2.45, 2.75) is 44.3 Å². The summed E-state index contributed by atoms with van der Waals surface area (Å²) in [4.78, 5) is 11.5. The molecule has 8 nitrogen and oxygen atoms in total. The summed E-state index contributed by atoms with van der Waals surface area (Å²) in [7, 11) is 0.